The van der Waals surface area contributed by atoms with Crippen LogP contribution in [-0.2, 0) is 6.42 Å². The second kappa shape index (κ2) is 5.74. The second-order valence-electron chi connectivity index (χ2n) is 4.33. The Morgan fingerprint density at radius 2 is 1.93 bits per heavy atom. The largest absolute Gasteiger partial charge is 0.327 e. The van der Waals surface area contributed by atoms with E-state index in [1.807, 2.05) is 12.1 Å². The zero-order valence-corrected chi connectivity index (χ0v) is 10.6. The summed E-state index contributed by atoms with van der Waals surface area (Å²) in [5.74, 6) is 0.609. The molecule has 2 N–H and O–H groups in total. The molecule has 1 aromatic carbocycles. The van der Waals surface area contributed by atoms with Crippen LogP contribution in [0.2, 0.25) is 10.0 Å². The van der Waals surface area contributed by atoms with Crippen LogP contribution in [-0.4, -0.2) is 6.04 Å². The summed E-state index contributed by atoms with van der Waals surface area (Å²) in [6.07, 6.45) is 1.79. The number of hydrogen-bond donors (Lipinski definition) is 1. The molecule has 15 heavy (non-hydrogen) atoms. The predicted octanol–water partition coefficient (Wildman–Crippen LogP) is 3.91. The molecular weight excluding hydrogens is 229 g/mol. The minimum Gasteiger partial charge on any atom is -0.327 e. The number of nitrogens with two attached hydrogens (primary N) is 1. The summed E-state index contributed by atoms with van der Waals surface area (Å²) in [7, 11) is 0. The monoisotopic (exact) mass is 245 g/mol. The Morgan fingerprint density at radius 3 is 2.53 bits per heavy atom. The van der Waals surface area contributed by atoms with Crippen molar-refractivity contribution in [3.63, 3.8) is 0 Å². The smallest absolute Gasteiger partial charge is 0.0439 e. The van der Waals surface area contributed by atoms with Gasteiger partial charge in [-0.25, -0.2) is 0 Å². The standard InChI is InChI=1S/C12H17Cl2N/c1-8(2)5-11(15)7-9-6-10(13)3-4-12(9)14/h3-4,6,8,11H,5,7,15H2,1-2H3. The van der Waals surface area contributed by atoms with Crippen molar-refractivity contribution >= 4 is 23.2 Å². The van der Waals surface area contributed by atoms with Gasteiger partial charge in [-0.2, -0.15) is 0 Å². The molecule has 0 spiro atoms. The lowest BCUT2D eigenvalue weighted by molar-refractivity contribution is 0.493. The van der Waals surface area contributed by atoms with Gasteiger partial charge in [0.05, 0.1) is 0 Å². The van der Waals surface area contributed by atoms with Gasteiger partial charge >= 0.3 is 0 Å². The van der Waals surface area contributed by atoms with E-state index in [2.05, 4.69) is 13.8 Å². The molecule has 0 aliphatic rings. The van der Waals surface area contributed by atoms with Gasteiger partial charge in [-0.15, -0.1) is 0 Å². The minimum absolute atomic E-state index is 0.154. The van der Waals surface area contributed by atoms with Crippen LogP contribution < -0.4 is 5.73 Å². The molecule has 1 nitrogen and oxygen atoms in total. The van der Waals surface area contributed by atoms with Crippen LogP contribution in [0.1, 0.15) is 25.8 Å². The van der Waals surface area contributed by atoms with Crippen LogP contribution in [0.5, 0.6) is 0 Å². The molecule has 0 radical (unpaired) electrons. The maximum absolute atomic E-state index is 6.06. The fraction of sp³-hybridized carbons (Fsp3) is 0.500. The summed E-state index contributed by atoms with van der Waals surface area (Å²) >= 11 is 12.0. The average Bonchev–Trinajstić information content (AvgIpc) is 2.10. The number of halogens is 2. The summed E-state index contributed by atoms with van der Waals surface area (Å²) in [6.45, 7) is 4.33. The minimum atomic E-state index is 0.154. The molecule has 0 aliphatic heterocycles. The third kappa shape index (κ3) is 4.42. The molecule has 84 valence electrons. The quantitative estimate of drug-likeness (QED) is 0.856. The van der Waals surface area contributed by atoms with E-state index >= 15 is 0 Å². The summed E-state index contributed by atoms with van der Waals surface area (Å²) < 4.78 is 0. The van der Waals surface area contributed by atoms with E-state index in [9.17, 15) is 0 Å². The van der Waals surface area contributed by atoms with Crippen molar-refractivity contribution in [1.82, 2.24) is 0 Å². The fourth-order valence-electron chi connectivity index (χ4n) is 1.67. The molecule has 0 fully saturated rings. The lowest BCUT2D eigenvalue weighted by Gasteiger charge is -2.15. The van der Waals surface area contributed by atoms with Crippen molar-refractivity contribution in [3.8, 4) is 0 Å². The first kappa shape index (κ1) is 12.8. The Hall–Kier alpha value is -0.240. The zero-order valence-electron chi connectivity index (χ0n) is 9.13. The SMILES string of the molecule is CC(C)CC(N)Cc1cc(Cl)ccc1Cl. The van der Waals surface area contributed by atoms with Gasteiger partial charge in [0.15, 0.2) is 0 Å². The van der Waals surface area contributed by atoms with Gasteiger partial charge < -0.3 is 5.73 Å². The normalized spacial score (nSPS) is 13.2. The summed E-state index contributed by atoms with van der Waals surface area (Å²) in [5.41, 5.74) is 7.06. The molecule has 1 unspecified atom stereocenters. The molecule has 0 aliphatic carbocycles. The van der Waals surface area contributed by atoms with Gasteiger partial charge in [-0.05, 0) is 42.5 Å². The van der Waals surface area contributed by atoms with E-state index in [0.717, 1.165) is 23.4 Å². The van der Waals surface area contributed by atoms with Gasteiger partial charge in [0.25, 0.3) is 0 Å². The Bertz CT molecular complexity index is 323. The highest BCUT2D eigenvalue weighted by molar-refractivity contribution is 6.33. The van der Waals surface area contributed by atoms with Crippen LogP contribution in [0, 0.1) is 5.92 Å². The molecular formula is C12H17Cl2N. The maximum Gasteiger partial charge on any atom is 0.0439 e. The van der Waals surface area contributed by atoms with Crippen LogP contribution >= 0.6 is 23.2 Å². The van der Waals surface area contributed by atoms with E-state index in [4.69, 9.17) is 28.9 Å². The van der Waals surface area contributed by atoms with E-state index in [1.165, 1.54) is 0 Å². The van der Waals surface area contributed by atoms with Crippen molar-refractivity contribution in [2.75, 3.05) is 0 Å². The van der Waals surface area contributed by atoms with Gasteiger partial charge in [0.2, 0.25) is 0 Å². The third-order valence-electron chi connectivity index (χ3n) is 2.26. The van der Waals surface area contributed by atoms with E-state index in [0.29, 0.717) is 10.9 Å². The predicted molar refractivity (Wildman–Crippen MR) is 67.6 cm³/mol. The summed E-state index contributed by atoms with van der Waals surface area (Å²) in [6, 6.07) is 5.66. The Morgan fingerprint density at radius 1 is 1.27 bits per heavy atom. The van der Waals surface area contributed by atoms with Crippen LogP contribution in [0.25, 0.3) is 0 Å². The van der Waals surface area contributed by atoms with Crippen LogP contribution in [0.15, 0.2) is 18.2 Å². The summed E-state index contributed by atoms with van der Waals surface area (Å²) in [4.78, 5) is 0. The molecule has 0 heterocycles. The first-order valence-electron chi connectivity index (χ1n) is 5.18. The maximum atomic E-state index is 6.06. The van der Waals surface area contributed by atoms with Gasteiger partial charge in [0.1, 0.15) is 0 Å². The average molecular weight is 246 g/mol. The molecule has 1 aromatic rings. The molecule has 1 rings (SSSR count). The summed E-state index contributed by atoms with van der Waals surface area (Å²) in [5, 5.41) is 1.46. The molecule has 0 amide bonds. The van der Waals surface area contributed by atoms with Crippen molar-refractivity contribution in [2.24, 2.45) is 11.7 Å². The number of benzene rings is 1. The van der Waals surface area contributed by atoms with Crippen molar-refractivity contribution < 1.29 is 0 Å². The highest BCUT2D eigenvalue weighted by Gasteiger charge is 2.09. The van der Waals surface area contributed by atoms with Gasteiger partial charge in [-0.1, -0.05) is 37.0 Å². The molecule has 0 aromatic heterocycles. The Labute approximate surface area is 102 Å². The van der Waals surface area contributed by atoms with E-state index < -0.39 is 0 Å². The Kier molecular flexibility index (Phi) is 4.91. The van der Waals surface area contributed by atoms with E-state index in [-0.39, 0.29) is 6.04 Å². The van der Waals surface area contributed by atoms with Gasteiger partial charge in [0, 0.05) is 16.1 Å². The Balaban J connectivity index is 2.67. The highest BCUT2D eigenvalue weighted by Crippen LogP contribution is 2.22. The lowest BCUT2D eigenvalue weighted by atomic mass is 9.98. The molecule has 3 heteroatoms. The van der Waals surface area contributed by atoms with Gasteiger partial charge in [-0.3, -0.25) is 0 Å². The van der Waals surface area contributed by atoms with Crippen LogP contribution in [0.3, 0.4) is 0 Å². The van der Waals surface area contributed by atoms with E-state index in [1.54, 1.807) is 6.07 Å². The van der Waals surface area contributed by atoms with Crippen LogP contribution in [0.4, 0.5) is 0 Å². The molecule has 0 saturated carbocycles. The second-order valence-corrected chi connectivity index (χ2v) is 5.17. The first-order valence-corrected chi connectivity index (χ1v) is 5.94. The number of rotatable bonds is 4. The lowest BCUT2D eigenvalue weighted by Crippen LogP contribution is -2.24. The number of hydrogen-bond acceptors (Lipinski definition) is 1. The van der Waals surface area contributed by atoms with Crippen molar-refractivity contribution in [1.29, 1.82) is 0 Å². The van der Waals surface area contributed by atoms with Crippen molar-refractivity contribution in [3.05, 3.63) is 33.8 Å². The zero-order chi connectivity index (χ0) is 11.4. The highest BCUT2D eigenvalue weighted by atomic mass is 35.5. The fourth-order valence-corrected chi connectivity index (χ4v) is 2.06. The topological polar surface area (TPSA) is 26.0 Å². The molecule has 1 atom stereocenters. The first-order chi connectivity index (χ1) is 6.99. The molecule has 0 bridgehead atoms. The van der Waals surface area contributed by atoms with Crippen molar-refractivity contribution in [2.45, 2.75) is 32.7 Å². The third-order valence-corrected chi connectivity index (χ3v) is 2.87. The molecule has 0 saturated heterocycles.